The summed E-state index contributed by atoms with van der Waals surface area (Å²) in [6.45, 7) is 0.678. The Hall–Kier alpha value is -2.23. The summed E-state index contributed by atoms with van der Waals surface area (Å²) in [5.41, 5.74) is 8.08. The molecule has 0 aliphatic heterocycles. The summed E-state index contributed by atoms with van der Waals surface area (Å²) in [6, 6.07) is 12.2. The van der Waals surface area contributed by atoms with Gasteiger partial charge in [-0.1, -0.05) is 12.1 Å². The largest absolute Gasteiger partial charge is 0.492 e. The van der Waals surface area contributed by atoms with E-state index in [0.29, 0.717) is 12.4 Å². The van der Waals surface area contributed by atoms with Gasteiger partial charge in [0.2, 0.25) is 0 Å². The third-order valence-corrected chi connectivity index (χ3v) is 3.06. The number of pyridine rings is 1. The van der Waals surface area contributed by atoms with Gasteiger partial charge in [-0.25, -0.2) is 4.98 Å². The van der Waals surface area contributed by atoms with Crippen LogP contribution in [-0.4, -0.2) is 25.7 Å². The van der Waals surface area contributed by atoms with Gasteiger partial charge in [0.25, 0.3) is 0 Å². The number of rotatable bonds is 6. The Bertz CT molecular complexity index is 538. The maximum atomic E-state index is 5.63. The van der Waals surface area contributed by atoms with Gasteiger partial charge in [0.1, 0.15) is 11.6 Å². The number of benzene rings is 1. The molecule has 0 bridgehead atoms. The van der Waals surface area contributed by atoms with E-state index in [2.05, 4.69) is 48.2 Å². The molecule has 20 heavy (non-hydrogen) atoms. The SMILES string of the molecule is CN(C)c1cccc(CCCOc2ccc(N)nc2)c1. The molecule has 4 heteroatoms. The molecule has 1 aromatic heterocycles. The van der Waals surface area contributed by atoms with Crippen LogP contribution < -0.4 is 15.4 Å². The summed E-state index contributed by atoms with van der Waals surface area (Å²) in [5.74, 6) is 1.28. The first-order valence-electron chi connectivity index (χ1n) is 6.76. The lowest BCUT2D eigenvalue weighted by molar-refractivity contribution is 0.310. The molecule has 0 atom stereocenters. The highest BCUT2D eigenvalue weighted by Crippen LogP contribution is 2.15. The number of nitrogens with two attached hydrogens (primary N) is 1. The third-order valence-electron chi connectivity index (χ3n) is 3.06. The fourth-order valence-corrected chi connectivity index (χ4v) is 1.93. The normalized spacial score (nSPS) is 10.3. The molecule has 106 valence electrons. The van der Waals surface area contributed by atoms with Crippen molar-refractivity contribution in [2.45, 2.75) is 12.8 Å². The van der Waals surface area contributed by atoms with E-state index in [1.807, 2.05) is 6.07 Å². The average molecular weight is 271 g/mol. The van der Waals surface area contributed by atoms with Crippen molar-refractivity contribution in [3.8, 4) is 5.75 Å². The second-order valence-corrected chi connectivity index (χ2v) is 4.94. The van der Waals surface area contributed by atoms with Crippen LogP contribution in [-0.2, 0) is 6.42 Å². The molecule has 1 aromatic carbocycles. The molecule has 0 saturated carbocycles. The van der Waals surface area contributed by atoms with Crippen molar-refractivity contribution in [3.05, 3.63) is 48.2 Å². The Morgan fingerprint density at radius 1 is 1.20 bits per heavy atom. The van der Waals surface area contributed by atoms with Gasteiger partial charge in [-0.05, 0) is 42.7 Å². The third kappa shape index (κ3) is 4.16. The maximum absolute atomic E-state index is 5.63. The highest BCUT2D eigenvalue weighted by molar-refractivity contribution is 5.47. The Kier molecular flexibility index (Phi) is 4.82. The second kappa shape index (κ2) is 6.80. The van der Waals surface area contributed by atoms with E-state index in [0.717, 1.165) is 18.6 Å². The fraction of sp³-hybridized carbons (Fsp3) is 0.312. The first-order valence-corrected chi connectivity index (χ1v) is 6.76. The van der Waals surface area contributed by atoms with Crippen LogP contribution in [0.4, 0.5) is 11.5 Å². The summed E-state index contributed by atoms with van der Waals surface area (Å²) in [5, 5.41) is 0. The molecule has 0 amide bonds. The number of hydrogen-bond donors (Lipinski definition) is 1. The number of aromatic nitrogens is 1. The molecule has 2 aromatic rings. The van der Waals surface area contributed by atoms with Gasteiger partial charge in [0.15, 0.2) is 0 Å². The molecule has 4 nitrogen and oxygen atoms in total. The quantitative estimate of drug-likeness (QED) is 0.821. The second-order valence-electron chi connectivity index (χ2n) is 4.94. The van der Waals surface area contributed by atoms with E-state index < -0.39 is 0 Å². The molecule has 0 saturated heterocycles. The zero-order chi connectivity index (χ0) is 14.4. The minimum Gasteiger partial charge on any atom is -0.492 e. The van der Waals surface area contributed by atoms with Crippen LogP contribution in [0.15, 0.2) is 42.6 Å². The van der Waals surface area contributed by atoms with E-state index >= 15 is 0 Å². The van der Waals surface area contributed by atoms with Crippen LogP contribution in [0, 0.1) is 0 Å². The van der Waals surface area contributed by atoms with Crippen LogP contribution in [0.3, 0.4) is 0 Å². The molecule has 0 aliphatic carbocycles. The molecular weight excluding hydrogens is 250 g/mol. The molecule has 2 rings (SSSR count). The van der Waals surface area contributed by atoms with Gasteiger partial charge in [-0.2, -0.15) is 0 Å². The molecule has 0 spiro atoms. The molecule has 0 unspecified atom stereocenters. The number of anilines is 2. The molecule has 0 radical (unpaired) electrons. The topological polar surface area (TPSA) is 51.4 Å². The number of aryl methyl sites for hydroxylation is 1. The van der Waals surface area contributed by atoms with E-state index in [1.54, 1.807) is 12.3 Å². The Labute approximate surface area is 120 Å². The lowest BCUT2D eigenvalue weighted by atomic mass is 10.1. The van der Waals surface area contributed by atoms with Gasteiger partial charge in [-0.15, -0.1) is 0 Å². The van der Waals surface area contributed by atoms with Gasteiger partial charge in [0.05, 0.1) is 12.8 Å². The van der Waals surface area contributed by atoms with Crippen molar-refractivity contribution < 1.29 is 4.74 Å². The predicted molar refractivity (Wildman–Crippen MR) is 83.2 cm³/mol. The lowest BCUT2D eigenvalue weighted by Crippen LogP contribution is -2.08. The number of hydrogen-bond acceptors (Lipinski definition) is 4. The van der Waals surface area contributed by atoms with E-state index in [4.69, 9.17) is 10.5 Å². The number of nitrogen functional groups attached to an aromatic ring is 1. The first kappa shape index (κ1) is 14.2. The summed E-state index contributed by atoms with van der Waals surface area (Å²) >= 11 is 0. The Balaban J connectivity index is 1.78. The summed E-state index contributed by atoms with van der Waals surface area (Å²) < 4.78 is 5.63. The molecular formula is C16H21N3O. The van der Waals surface area contributed by atoms with Crippen molar-refractivity contribution in [1.82, 2.24) is 4.98 Å². The van der Waals surface area contributed by atoms with E-state index in [1.165, 1.54) is 11.3 Å². The maximum Gasteiger partial charge on any atom is 0.137 e. The lowest BCUT2D eigenvalue weighted by Gasteiger charge is -2.13. The molecule has 2 N–H and O–H groups in total. The van der Waals surface area contributed by atoms with E-state index in [9.17, 15) is 0 Å². The smallest absolute Gasteiger partial charge is 0.137 e. The van der Waals surface area contributed by atoms with Gasteiger partial charge < -0.3 is 15.4 Å². The highest BCUT2D eigenvalue weighted by Gasteiger charge is 1.99. The van der Waals surface area contributed by atoms with Gasteiger partial charge in [0, 0.05) is 19.8 Å². The van der Waals surface area contributed by atoms with Crippen LogP contribution in [0.1, 0.15) is 12.0 Å². The van der Waals surface area contributed by atoms with Gasteiger partial charge in [-0.3, -0.25) is 0 Å². The molecule has 0 fully saturated rings. The highest BCUT2D eigenvalue weighted by atomic mass is 16.5. The fourth-order valence-electron chi connectivity index (χ4n) is 1.93. The standard InChI is InChI=1S/C16H21N3O/c1-19(2)14-7-3-5-13(11-14)6-4-10-20-15-8-9-16(17)18-12-15/h3,5,7-9,11-12H,4,6,10H2,1-2H3,(H2,17,18). The number of ether oxygens (including phenoxy) is 1. The summed E-state index contributed by atoms with van der Waals surface area (Å²) in [6.07, 6.45) is 3.63. The van der Waals surface area contributed by atoms with Crippen molar-refractivity contribution >= 4 is 11.5 Å². The zero-order valence-corrected chi connectivity index (χ0v) is 12.0. The molecule has 1 heterocycles. The Morgan fingerprint density at radius 3 is 2.75 bits per heavy atom. The minimum absolute atomic E-state index is 0.512. The molecule has 0 aliphatic rings. The van der Waals surface area contributed by atoms with Crippen LogP contribution in [0.5, 0.6) is 5.75 Å². The van der Waals surface area contributed by atoms with Crippen molar-refractivity contribution in [2.75, 3.05) is 31.3 Å². The van der Waals surface area contributed by atoms with E-state index in [-0.39, 0.29) is 0 Å². The zero-order valence-electron chi connectivity index (χ0n) is 12.0. The number of nitrogens with zero attached hydrogens (tertiary/aromatic N) is 2. The van der Waals surface area contributed by atoms with Crippen molar-refractivity contribution in [2.24, 2.45) is 0 Å². The first-order chi connectivity index (χ1) is 9.65. The van der Waals surface area contributed by atoms with Crippen LogP contribution in [0.2, 0.25) is 0 Å². The van der Waals surface area contributed by atoms with Crippen LogP contribution >= 0.6 is 0 Å². The Morgan fingerprint density at radius 2 is 2.05 bits per heavy atom. The average Bonchev–Trinajstić information content (AvgIpc) is 2.46. The van der Waals surface area contributed by atoms with Crippen molar-refractivity contribution in [3.63, 3.8) is 0 Å². The monoisotopic (exact) mass is 271 g/mol. The minimum atomic E-state index is 0.512. The summed E-state index contributed by atoms with van der Waals surface area (Å²) in [7, 11) is 4.10. The summed E-state index contributed by atoms with van der Waals surface area (Å²) in [4.78, 5) is 6.11. The van der Waals surface area contributed by atoms with Crippen LogP contribution in [0.25, 0.3) is 0 Å². The predicted octanol–water partition coefficient (Wildman–Crippen LogP) is 2.74. The van der Waals surface area contributed by atoms with Gasteiger partial charge >= 0.3 is 0 Å². The van der Waals surface area contributed by atoms with Crippen molar-refractivity contribution in [1.29, 1.82) is 0 Å².